The number of hydrogen-bond acceptors (Lipinski definition) is 3. The number of hydrogen-bond donors (Lipinski definition) is 3. The number of carboxylic acid groups (broad SMARTS) is 1. The summed E-state index contributed by atoms with van der Waals surface area (Å²) in [5.74, 6) is -0.980. The number of rotatable bonds is 1. The first-order valence-corrected chi connectivity index (χ1v) is 3.85. The van der Waals surface area contributed by atoms with Gasteiger partial charge in [-0.1, -0.05) is 0 Å². The molecule has 0 spiro atoms. The molecule has 0 aromatic rings. The molecule has 0 radical (unpaired) electrons. The van der Waals surface area contributed by atoms with Gasteiger partial charge in [0.15, 0.2) is 0 Å². The van der Waals surface area contributed by atoms with Crippen molar-refractivity contribution in [3.63, 3.8) is 0 Å². The average Bonchev–Trinajstić information content (AvgIpc) is 1.88. The number of piperidine rings is 1. The number of carboxylic acids is 1. The summed E-state index contributed by atoms with van der Waals surface area (Å²) in [5.41, 5.74) is 0. The summed E-state index contributed by atoms with van der Waals surface area (Å²) in [6.07, 6.45) is 0.698. The van der Waals surface area contributed by atoms with Crippen LogP contribution in [-0.4, -0.2) is 29.4 Å². The molecule has 0 aromatic heterocycles. The van der Waals surface area contributed by atoms with Gasteiger partial charge in [0, 0.05) is 11.8 Å². The molecule has 10 heavy (non-hydrogen) atoms. The van der Waals surface area contributed by atoms with Gasteiger partial charge in [-0.15, -0.1) is 0 Å². The lowest BCUT2D eigenvalue weighted by Crippen LogP contribution is -2.41. The molecule has 1 fully saturated rings. The lowest BCUT2D eigenvalue weighted by molar-refractivity contribution is -0.142. The van der Waals surface area contributed by atoms with Crippen molar-refractivity contribution in [2.24, 2.45) is 5.92 Å². The third kappa shape index (κ3) is 1.64. The van der Waals surface area contributed by atoms with Crippen LogP contribution in [0.3, 0.4) is 0 Å². The molecule has 2 N–H and O–H groups in total. The summed E-state index contributed by atoms with van der Waals surface area (Å²) in [5, 5.41) is 11.7. The van der Waals surface area contributed by atoms with Gasteiger partial charge in [0.1, 0.15) is 0 Å². The van der Waals surface area contributed by atoms with Crippen LogP contribution < -0.4 is 5.32 Å². The number of aliphatic carboxylic acids is 1. The third-order valence-electron chi connectivity index (χ3n) is 1.77. The Morgan fingerprint density at radius 3 is 2.80 bits per heavy atom. The van der Waals surface area contributed by atoms with Crippen molar-refractivity contribution in [3.8, 4) is 0 Å². The summed E-state index contributed by atoms with van der Waals surface area (Å²) < 4.78 is 0. The highest BCUT2D eigenvalue weighted by atomic mass is 32.1. The second-order valence-corrected chi connectivity index (χ2v) is 3.17. The largest absolute Gasteiger partial charge is 0.481 e. The molecule has 2 atom stereocenters. The highest BCUT2D eigenvalue weighted by Gasteiger charge is 2.27. The summed E-state index contributed by atoms with van der Waals surface area (Å²) in [6.45, 7) is 1.51. The summed E-state index contributed by atoms with van der Waals surface area (Å²) in [6, 6.07) is 0. The number of nitrogens with one attached hydrogen (secondary N) is 1. The van der Waals surface area contributed by atoms with Crippen LogP contribution in [0.2, 0.25) is 0 Å². The Labute approximate surface area is 65.2 Å². The molecule has 1 rings (SSSR count). The van der Waals surface area contributed by atoms with Crippen molar-refractivity contribution in [1.29, 1.82) is 0 Å². The van der Waals surface area contributed by atoms with E-state index in [-0.39, 0.29) is 11.2 Å². The molecule has 0 amide bonds. The van der Waals surface area contributed by atoms with Crippen molar-refractivity contribution < 1.29 is 9.90 Å². The monoisotopic (exact) mass is 161 g/mol. The standard InChI is InChI=1S/C6H11NO2S/c8-6(9)4-1-2-7-3-5(4)10/h4-5,7,10H,1-3H2,(H,8,9)/t4-,5-/m0/s1. The minimum Gasteiger partial charge on any atom is -0.481 e. The van der Waals surface area contributed by atoms with Gasteiger partial charge in [-0.25, -0.2) is 0 Å². The topological polar surface area (TPSA) is 49.3 Å². The van der Waals surface area contributed by atoms with Crippen molar-refractivity contribution in [2.45, 2.75) is 11.7 Å². The molecule has 0 bridgehead atoms. The van der Waals surface area contributed by atoms with E-state index in [9.17, 15) is 4.79 Å². The lowest BCUT2D eigenvalue weighted by atomic mass is 9.98. The first kappa shape index (κ1) is 7.88. The molecule has 3 nitrogen and oxygen atoms in total. The fourth-order valence-electron chi connectivity index (χ4n) is 1.13. The van der Waals surface area contributed by atoms with Crippen LogP contribution in [0.5, 0.6) is 0 Å². The van der Waals surface area contributed by atoms with Crippen LogP contribution in [0, 0.1) is 5.92 Å². The fraction of sp³-hybridized carbons (Fsp3) is 0.833. The first-order valence-electron chi connectivity index (χ1n) is 3.33. The Morgan fingerprint density at radius 2 is 2.40 bits per heavy atom. The van der Waals surface area contributed by atoms with Crippen LogP contribution in [0.1, 0.15) is 6.42 Å². The van der Waals surface area contributed by atoms with Crippen LogP contribution in [0.25, 0.3) is 0 Å². The SMILES string of the molecule is O=C(O)[C@H]1CCNC[C@@H]1S. The molecule has 58 valence electrons. The number of carbonyl (C=O) groups is 1. The smallest absolute Gasteiger partial charge is 0.307 e. The van der Waals surface area contributed by atoms with Crippen LogP contribution in [0.15, 0.2) is 0 Å². The van der Waals surface area contributed by atoms with E-state index in [0.29, 0.717) is 13.0 Å². The van der Waals surface area contributed by atoms with Crippen molar-refractivity contribution in [3.05, 3.63) is 0 Å². The molecule has 1 heterocycles. The van der Waals surface area contributed by atoms with Gasteiger partial charge in [0.05, 0.1) is 5.92 Å². The third-order valence-corrected chi connectivity index (χ3v) is 2.31. The van der Waals surface area contributed by atoms with Crippen LogP contribution in [-0.2, 0) is 4.79 Å². The predicted molar refractivity (Wildman–Crippen MR) is 41.4 cm³/mol. The molecular weight excluding hydrogens is 150 g/mol. The van der Waals surface area contributed by atoms with E-state index in [1.165, 1.54) is 0 Å². The van der Waals surface area contributed by atoms with Crippen molar-refractivity contribution in [1.82, 2.24) is 5.32 Å². The average molecular weight is 161 g/mol. The van der Waals surface area contributed by atoms with Crippen molar-refractivity contribution >= 4 is 18.6 Å². The molecule has 1 aliphatic rings. The summed E-state index contributed by atoms with van der Waals surface area (Å²) in [4.78, 5) is 10.5. The van der Waals surface area contributed by atoms with Gasteiger partial charge in [0.2, 0.25) is 0 Å². The number of thiol groups is 1. The highest BCUT2D eigenvalue weighted by molar-refractivity contribution is 7.81. The first-order chi connectivity index (χ1) is 4.72. The molecular formula is C6H11NO2S. The maximum Gasteiger partial charge on any atom is 0.307 e. The Hall–Kier alpha value is -0.220. The molecule has 0 aromatic carbocycles. The van der Waals surface area contributed by atoms with Gasteiger partial charge in [-0.05, 0) is 13.0 Å². The minimum atomic E-state index is -0.721. The van der Waals surface area contributed by atoms with Crippen LogP contribution in [0.4, 0.5) is 0 Å². The maximum atomic E-state index is 10.5. The normalized spacial score (nSPS) is 33.7. The van der Waals surface area contributed by atoms with E-state index < -0.39 is 5.97 Å². The molecule has 1 saturated heterocycles. The second kappa shape index (κ2) is 3.25. The van der Waals surface area contributed by atoms with E-state index in [2.05, 4.69) is 17.9 Å². The summed E-state index contributed by atoms with van der Waals surface area (Å²) in [7, 11) is 0. The molecule has 0 saturated carbocycles. The Bertz CT molecular complexity index is 140. The predicted octanol–water partition coefficient (Wildman–Crippen LogP) is -0.0211. The van der Waals surface area contributed by atoms with Gasteiger partial charge in [-0.3, -0.25) is 4.79 Å². The quantitative estimate of drug-likeness (QED) is 0.474. The van der Waals surface area contributed by atoms with E-state index in [1.54, 1.807) is 0 Å². The second-order valence-electron chi connectivity index (χ2n) is 2.50. The van der Waals surface area contributed by atoms with E-state index in [4.69, 9.17) is 5.11 Å². The lowest BCUT2D eigenvalue weighted by Gasteiger charge is -2.24. The zero-order valence-corrected chi connectivity index (χ0v) is 6.47. The van der Waals surface area contributed by atoms with Gasteiger partial charge < -0.3 is 10.4 Å². The molecule has 4 heteroatoms. The maximum absolute atomic E-state index is 10.5. The zero-order valence-electron chi connectivity index (χ0n) is 5.58. The summed E-state index contributed by atoms with van der Waals surface area (Å²) >= 11 is 4.15. The Balaban J connectivity index is 2.47. The van der Waals surface area contributed by atoms with Crippen LogP contribution >= 0.6 is 12.6 Å². The molecule has 1 aliphatic heterocycles. The molecule has 0 aliphatic carbocycles. The molecule has 0 unspecified atom stereocenters. The van der Waals surface area contributed by atoms with Gasteiger partial charge in [-0.2, -0.15) is 12.6 Å². The van der Waals surface area contributed by atoms with Gasteiger partial charge in [0.25, 0.3) is 0 Å². The van der Waals surface area contributed by atoms with E-state index in [1.807, 2.05) is 0 Å². The minimum absolute atomic E-state index is 0.0220. The fourth-order valence-corrected chi connectivity index (χ4v) is 1.54. The van der Waals surface area contributed by atoms with E-state index >= 15 is 0 Å². The van der Waals surface area contributed by atoms with Gasteiger partial charge >= 0.3 is 5.97 Å². The highest BCUT2D eigenvalue weighted by Crippen LogP contribution is 2.17. The Kier molecular flexibility index (Phi) is 2.56. The zero-order chi connectivity index (χ0) is 7.56. The Morgan fingerprint density at radius 1 is 1.70 bits per heavy atom. The van der Waals surface area contributed by atoms with Crippen molar-refractivity contribution in [2.75, 3.05) is 13.1 Å². The van der Waals surface area contributed by atoms with E-state index in [0.717, 1.165) is 6.54 Å².